The Morgan fingerprint density at radius 1 is 0.935 bits per heavy atom. The van der Waals surface area contributed by atoms with Crippen molar-refractivity contribution >= 4 is 5.82 Å². The summed E-state index contributed by atoms with van der Waals surface area (Å²) in [5.41, 5.74) is 5.72. The van der Waals surface area contributed by atoms with E-state index in [4.69, 9.17) is 4.98 Å². The van der Waals surface area contributed by atoms with Gasteiger partial charge in [0, 0.05) is 44.9 Å². The molecule has 0 radical (unpaired) electrons. The average Bonchev–Trinajstić information content (AvgIpc) is 2.77. The van der Waals surface area contributed by atoms with Crippen LogP contribution in [0.1, 0.15) is 58.6 Å². The molecule has 0 spiro atoms. The molecule has 1 aromatic carbocycles. The number of aliphatic hydroxyl groups excluding tert-OH is 1. The van der Waals surface area contributed by atoms with Crippen molar-refractivity contribution in [3.8, 4) is 11.3 Å². The van der Waals surface area contributed by atoms with Crippen LogP contribution in [0, 0.1) is 5.92 Å². The topological polar surface area (TPSA) is 39.6 Å². The lowest BCUT2D eigenvalue weighted by Crippen LogP contribution is -2.48. The fourth-order valence-corrected chi connectivity index (χ4v) is 5.17. The first-order chi connectivity index (χ1) is 14.7. The number of aliphatic hydroxyl groups is 1. The third kappa shape index (κ3) is 4.65. The second-order valence-corrected chi connectivity index (χ2v) is 11.0. The van der Waals surface area contributed by atoms with E-state index in [0.717, 1.165) is 44.2 Å². The Labute approximate surface area is 188 Å². The van der Waals surface area contributed by atoms with Crippen LogP contribution in [0.4, 0.5) is 5.82 Å². The van der Waals surface area contributed by atoms with Gasteiger partial charge in [-0.15, -0.1) is 0 Å². The lowest BCUT2D eigenvalue weighted by Gasteiger charge is -2.42. The van der Waals surface area contributed by atoms with E-state index in [9.17, 15) is 5.11 Å². The van der Waals surface area contributed by atoms with E-state index in [2.05, 4.69) is 80.8 Å². The zero-order valence-electron chi connectivity index (χ0n) is 20.0. The van der Waals surface area contributed by atoms with Crippen molar-refractivity contribution in [3.63, 3.8) is 0 Å². The molecule has 2 aliphatic rings. The van der Waals surface area contributed by atoms with Crippen molar-refractivity contribution in [3.05, 3.63) is 47.5 Å². The maximum absolute atomic E-state index is 9.32. The Morgan fingerprint density at radius 2 is 1.61 bits per heavy atom. The number of fused-ring (bicyclic) bond motifs is 1. The summed E-state index contributed by atoms with van der Waals surface area (Å²) in [5.74, 6) is 1.41. The third-order valence-electron chi connectivity index (χ3n) is 7.46. The van der Waals surface area contributed by atoms with Gasteiger partial charge >= 0.3 is 0 Å². The number of pyridine rings is 1. The highest BCUT2D eigenvalue weighted by Gasteiger charge is 2.37. The fourth-order valence-electron chi connectivity index (χ4n) is 5.17. The van der Waals surface area contributed by atoms with Crippen molar-refractivity contribution < 1.29 is 5.11 Å². The van der Waals surface area contributed by atoms with Crippen molar-refractivity contribution in [2.24, 2.45) is 5.92 Å². The van der Waals surface area contributed by atoms with Crippen LogP contribution in [0.25, 0.3) is 11.3 Å². The number of hydrogen-bond acceptors (Lipinski definition) is 4. The lowest BCUT2D eigenvalue weighted by atomic mass is 9.63. The Morgan fingerprint density at radius 3 is 2.29 bits per heavy atom. The van der Waals surface area contributed by atoms with Crippen LogP contribution in [0.2, 0.25) is 0 Å². The number of benzene rings is 1. The van der Waals surface area contributed by atoms with E-state index in [-0.39, 0.29) is 17.4 Å². The zero-order valence-corrected chi connectivity index (χ0v) is 20.0. The van der Waals surface area contributed by atoms with Gasteiger partial charge in [0.1, 0.15) is 5.82 Å². The summed E-state index contributed by atoms with van der Waals surface area (Å²) in [6, 6.07) is 13.4. The van der Waals surface area contributed by atoms with E-state index in [1.165, 1.54) is 29.5 Å². The molecule has 1 aliphatic carbocycles. The predicted molar refractivity (Wildman–Crippen MR) is 130 cm³/mol. The zero-order chi connectivity index (χ0) is 22.2. The molecule has 0 bridgehead atoms. The number of rotatable bonds is 5. The molecule has 0 amide bonds. The van der Waals surface area contributed by atoms with E-state index in [1.807, 2.05) is 0 Å². The monoisotopic (exact) mass is 421 g/mol. The number of aromatic nitrogens is 1. The Hall–Kier alpha value is -1.91. The summed E-state index contributed by atoms with van der Waals surface area (Å²) in [6.45, 7) is 16.9. The van der Waals surface area contributed by atoms with Gasteiger partial charge in [-0.05, 0) is 58.9 Å². The normalized spacial score (nSPS) is 21.5. The molecule has 1 aliphatic heterocycles. The third-order valence-corrected chi connectivity index (χ3v) is 7.46. The largest absolute Gasteiger partial charge is 0.396 e. The van der Waals surface area contributed by atoms with Crippen molar-refractivity contribution in [2.45, 2.75) is 58.3 Å². The van der Waals surface area contributed by atoms with E-state index < -0.39 is 0 Å². The molecule has 1 N–H and O–H groups in total. The van der Waals surface area contributed by atoms with E-state index >= 15 is 0 Å². The van der Waals surface area contributed by atoms with Crippen LogP contribution in [-0.4, -0.2) is 54.3 Å². The van der Waals surface area contributed by atoms with Crippen LogP contribution in [0.3, 0.4) is 0 Å². The summed E-state index contributed by atoms with van der Waals surface area (Å²) in [5, 5.41) is 9.32. The maximum atomic E-state index is 9.32. The van der Waals surface area contributed by atoms with Gasteiger partial charge in [-0.25, -0.2) is 4.98 Å². The summed E-state index contributed by atoms with van der Waals surface area (Å²) in [4.78, 5) is 9.92. The molecule has 4 nitrogen and oxygen atoms in total. The smallest absolute Gasteiger partial charge is 0.129 e. The predicted octanol–water partition coefficient (Wildman–Crippen LogP) is 4.85. The number of piperazine rings is 1. The van der Waals surface area contributed by atoms with Crippen molar-refractivity contribution in [1.29, 1.82) is 0 Å². The van der Waals surface area contributed by atoms with E-state index in [1.54, 1.807) is 0 Å². The average molecular weight is 422 g/mol. The van der Waals surface area contributed by atoms with Gasteiger partial charge in [-0.2, -0.15) is 0 Å². The number of hydrogen-bond donors (Lipinski definition) is 1. The second kappa shape index (κ2) is 8.55. The van der Waals surface area contributed by atoms with Crippen LogP contribution >= 0.6 is 0 Å². The van der Waals surface area contributed by atoms with Gasteiger partial charge in [-0.3, -0.25) is 4.90 Å². The van der Waals surface area contributed by atoms with Gasteiger partial charge in [-0.1, -0.05) is 52.8 Å². The summed E-state index contributed by atoms with van der Waals surface area (Å²) < 4.78 is 0. The number of nitrogens with zero attached hydrogens (tertiary/aromatic N) is 3. The van der Waals surface area contributed by atoms with Crippen LogP contribution in [0.5, 0.6) is 0 Å². The lowest BCUT2D eigenvalue weighted by molar-refractivity contribution is 0.167. The van der Waals surface area contributed by atoms with Crippen LogP contribution in [-0.2, 0) is 10.8 Å². The Bertz CT molecular complexity index is 912. The molecule has 168 valence electrons. The SMILES string of the molecule is C[C@H](CO)CN1CCN(c2cccc(-c3ccc4c(c3)C(C)(C)CCC4(C)C)n2)CC1. The van der Waals surface area contributed by atoms with Crippen LogP contribution in [0.15, 0.2) is 36.4 Å². The maximum Gasteiger partial charge on any atom is 0.129 e. The first-order valence-electron chi connectivity index (χ1n) is 11.9. The van der Waals surface area contributed by atoms with Gasteiger partial charge in [0.2, 0.25) is 0 Å². The molecule has 0 unspecified atom stereocenters. The molecule has 1 atom stereocenters. The van der Waals surface area contributed by atoms with Gasteiger partial charge in [0.15, 0.2) is 0 Å². The molecular formula is C27H39N3O. The Kier molecular flexibility index (Phi) is 6.15. The molecule has 1 saturated heterocycles. The standard InChI is InChI=1S/C27H39N3O/c1-20(19-31)18-29-13-15-30(16-14-29)25-8-6-7-24(28-25)21-9-10-22-23(17-21)27(4,5)12-11-26(22,2)3/h6-10,17,20,31H,11-16,18-19H2,1-5H3/t20-/m0/s1. The quantitative estimate of drug-likeness (QED) is 0.749. The molecule has 2 aromatic rings. The highest BCUT2D eigenvalue weighted by atomic mass is 16.3. The molecule has 0 saturated carbocycles. The minimum Gasteiger partial charge on any atom is -0.396 e. The number of anilines is 1. The molecule has 1 aromatic heterocycles. The fraction of sp³-hybridized carbons (Fsp3) is 0.593. The second-order valence-electron chi connectivity index (χ2n) is 11.0. The minimum atomic E-state index is 0.209. The van der Waals surface area contributed by atoms with Gasteiger partial charge < -0.3 is 10.0 Å². The summed E-state index contributed by atoms with van der Waals surface area (Å²) in [7, 11) is 0. The first kappa shape index (κ1) is 22.3. The molecule has 31 heavy (non-hydrogen) atoms. The minimum absolute atomic E-state index is 0.209. The molecular weight excluding hydrogens is 382 g/mol. The van der Waals surface area contributed by atoms with Gasteiger partial charge in [0.05, 0.1) is 5.69 Å². The summed E-state index contributed by atoms with van der Waals surface area (Å²) in [6.07, 6.45) is 2.46. The highest BCUT2D eigenvalue weighted by molar-refractivity contribution is 5.65. The molecule has 4 heteroatoms. The Balaban J connectivity index is 1.55. The first-order valence-corrected chi connectivity index (χ1v) is 11.9. The van der Waals surface area contributed by atoms with Crippen molar-refractivity contribution in [1.82, 2.24) is 9.88 Å². The summed E-state index contributed by atoms with van der Waals surface area (Å²) >= 11 is 0. The molecule has 4 rings (SSSR count). The van der Waals surface area contributed by atoms with Crippen molar-refractivity contribution in [2.75, 3.05) is 44.2 Å². The van der Waals surface area contributed by atoms with Crippen LogP contribution < -0.4 is 4.90 Å². The molecule has 1 fully saturated rings. The van der Waals surface area contributed by atoms with Gasteiger partial charge in [0.25, 0.3) is 0 Å². The highest BCUT2D eigenvalue weighted by Crippen LogP contribution is 2.46. The van der Waals surface area contributed by atoms with E-state index in [0.29, 0.717) is 5.92 Å². The molecule has 2 heterocycles.